The molecule has 2 rings (SSSR count). The van der Waals surface area contributed by atoms with Gasteiger partial charge in [0.15, 0.2) is 9.84 Å². The molecule has 20 heavy (non-hydrogen) atoms. The van der Waals surface area contributed by atoms with Gasteiger partial charge in [-0.05, 0) is 17.7 Å². The molecule has 0 aliphatic rings. The van der Waals surface area contributed by atoms with Crippen LogP contribution in [0.25, 0.3) is 0 Å². The minimum Gasteiger partial charge on any atom is -0.492 e. The molecule has 0 bridgehead atoms. The second kappa shape index (κ2) is 6.43. The van der Waals surface area contributed by atoms with E-state index in [0.29, 0.717) is 11.4 Å². The zero-order chi connectivity index (χ0) is 14.4. The van der Waals surface area contributed by atoms with E-state index in [9.17, 15) is 8.42 Å². The van der Waals surface area contributed by atoms with Gasteiger partial charge in [-0.15, -0.1) is 0 Å². The fourth-order valence-electron chi connectivity index (χ4n) is 1.79. The largest absolute Gasteiger partial charge is 0.492 e. The van der Waals surface area contributed by atoms with Gasteiger partial charge in [0.2, 0.25) is 0 Å². The number of hydrogen-bond acceptors (Lipinski definition) is 4. The van der Waals surface area contributed by atoms with E-state index in [2.05, 4.69) is 0 Å². The van der Waals surface area contributed by atoms with E-state index >= 15 is 0 Å². The first-order valence-electron chi connectivity index (χ1n) is 6.28. The SMILES string of the molecule is Nc1cccc(OCCS(=O)(=O)Cc2ccccc2)c1. The van der Waals surface area contributed by atoms with Crippen LogP contribution in [0.3, 0.4) is 0 Å². The van der Waals surface area contributed by atoms with E-state index in [0.717, 1.165) is 5.56 Å². The van der Waals surface area contributed by atoms with Gasteiger partial charge in [0.25, 0.3) is 0 Å². The van der Waals surface area contributed by atoms with Crippen LogP contribution in [0, 0.1) is 0 Å². The van der Waals surface area contributed by atoms with Gasteiger partial charge in [-0.1, -0.05) is 36.4 Å². The summed E-state index contributed by atoms with van der Waals surface area (Å²) in [6.45, 7) is 0.124. The van der Waals surface area contributed by atoms with Gasteiger partial charge in [-0.2, -0.15) is 0 Å². The lowest BCUT2D eigenvalue weighted by Gasteiger charge is -2.08. The third-order valence-electron chi connectivity index (χ3n) is 2.75. The maximum absolute atomic E-state index is 12.0. The van der Waals surface area contributed by atoms with Gasteiger partial charge in [0.1, 0.15) is 12.4 Å². The molecule has 0 saturated heterocycles. The highest BCUT2D eigenvalue weighted by molar-refractivity contribution is 7.90. The lowest BCUT2D eigenvalue weighted by Crippen LogP contribution is -2.15. The van der Waals surface area contributed by atoms with Crippen LogP contribution in [-0.4, -0.2) is 20.8 Å². The Morgan fingerprint density at radius 2 is 1.75 bits per heavy atom. The maximum Gasteiger partial charge on any atom is 0.157 e. The summed E-state index contributed by atoms with van der Waals surface area (Å²) in [7, 11) is -3.17. The Morgan fingerprint density at radius 1 is 1.00 bits per heavy atom. The second-order valence-electron chi connectivity index (χ2n) is 4.50. The Bertz CT molecular complexity index is 654. The number of ether oxygens (including phenoxy) is 1. The van der Waals surface area contributed by atoms with E-state index in [1.54, 1.807) is 36.4 Å². The molecule has 0 heterocycles. The summed E-state index contributed by atoms with van der Waals surface area (Å²) in [5.74, 6) is 0.602. The molecule has 0 atom stereocenters. The first-order valence-corrected chi connectivity index (χ1v) is 8.10. The van der Waals surface area contributed by atoms with Gasteiger partial charge in [0.05, 0.1) is 11.5 Å². The summed E-state index contributed by atoms with van der Waals surface area (Å²) in [5.41, 5.74) is 7.00. The Hall–Kier alpha value is -2.01. The molecular weight excluding hydrogens is 274 g/mol. The fraction of sp³-hybridized carbons (Fsp3) is 0.200. The minimum absolute atomic E-state index is 0.0172. The molecule has 2 aromatic carbocycles. The zero-order valence-electron chi connectivity index (χ0n) is 11.0. The lowest BCUT2D eigenvalue weighted by molar-refractivity contribution is 0.341. The van der Waals surface area contributed by atoms with Crippen LogP contribution in [0.1, 0.15) is 5.56 Å². The number of hydrogen-bond donors (Lipinski definition) is 1. The van der Waals surface area contributed by atoms with Crippen molar-refractivity contribution in [1.29, 1.82) is 0 Å². The highest BCUT2D eigenvalue weighted by atomic mass is 32.2. The summed E-state index contributed by atoms with van der Waals surface area (Å²) in [5, 5.41) is 0. The number of sulfone groups is 1. The smallest absolute Gasteiger partial charge is 0.157 e. The Kier molecular flexibility index (Phi) is 4.63. The molecule has 4 nitrogen and oxygen atoms in total. The first kappa shape index (κ1) is 14.4. The predicted octanol–water partition coefficient (Wildman–Crippen LogP) is 2.26. The van der Waals surface area contributed by atoms with Crippen molar-refractivity contribution < 1.29 is 13.2 Å². The van der Waals surface area contributed by atoms with Crippen molar-refractivity contribution in [3.63, 3.8) is 0 Å². The Labute approximate surface area is 119 Å². The Balaban J connectivity index is 1.87. The normalized spacial score (nSPS) is 11.2. The highest BCUT2D eigenvalue weighted by Gasteiger charge is 2.12. The molecule has 0 saturated carbocycles. The number of rotatable bonds is 6. The molecule has 0 radical (unpaired) electrons. The van der Waals surface area contributed by atoms with Crippen molar-refractivity contribution in [3.05, 3.63) is 60.2 Å². The topological polar surface area (TPSA) is 69.4 Å². The third-order valence-corrected chi connectivity index (χ3v) is 4.31. The van der Waals surface area contributed by atoms with Gasteiger partial charge in [-0.3, -0.25) is 0 Å². The van der Waals surface area contributed by atoms with Crippen LogP contribution in [0.5, 0.6) is 5.75 Å². The molecule has 0 aliphatic heterocycles. The van der Waals surface area contributed by atoms with Crippen LogP contribution in [0.15, 0.2) is 54.6 Å². The predicted molar refractivity (Wildman–Crippen MR) is 80.3 cm³/mol. The molecule has 0 amide bonds. The van der Waals surface area contributed by atoms with Crippen LogP contribution < -0.4 is 10.5 Å². The number of nitrogen functional groups attached to an aromatic ring is 1. The van der Waals surface area contributed by atoms with Crippen molar-refractivity contribution in [2.24, 2.45) is 0 Å². The average Bonchev–Trinajstić information content (AvgIpc) is 2.39. The molecule has 2 aromatic rings. The third kappa shape index (κ3) is 4.59. The minimum atomic E-state index is -3.17. The average molecular weight is 291 g/mol. The molecule has 0 aromatic heterocycles. The van der Waals surface area contributed by atoms with E-state index < -0.39 is 9.84 Å². The van der Waals surface area contributed by atoms with Crippen molar-refractivity contribution in [2.45, 2.75) is 5.75 Å². The fourth-order valence-corrected chi connectivity index (χ4v) is 2.97. The quantitative estimate of drug-likeness (QED) is 0.829. The van der Waals surface area contributed by atoms with E-state index in [1.165, 1.54) is 0 Å². The van der Waals surface area contributed by atoms with Gasteiger partial charge in [-0.25, -0.2) is 8.42 Å². The summed E-state index contributed by atoms with van der Waals surface area (Å²) < 4.78 is 29.3. The maximum atomic E-state index is 12.0. The number of nitrogens with two attached hydrogens (primary N) is 1. The van der Waals surface area contributed by atoms with E-state index in [4.69, 9.17) is 10.5 Å². The van der Waals surface area contributed by atoms with E-state index in [1.807, 2.05) is 18.2 Å². The Morgan fingerprint density at radius 3 is 2.45 bits per heavy atom. The van der Waals surface area contributed by atoms with Crippen molar-refractivity contribution in [2.75, 3.05) is 18.1 Å². The number of anilines is 1. The highest BCUT2D eigenvalue weighted by Crippen LogP contribution is 2.14. The molecule has 0 spiro atoms. The van der Waals surface area contributed by atoms with Crippen LogP contribution >= 0.6 is 0 Å². The van der Waals surface area contributed by atoms with Crippen LogP contribution in [-0.2, 0) is 15.6 Å². The molecule has 0 unspecified atom stereocenters. The molecule has 106 valence electrons. The summed E-state index contributed by atoms with van der Waals surface area (Å²) in [6, 6.07) is 16.1. The first-order chi connectivity index (χ1) is 9.55. The van der Waals surface area contributed by atoms with Crippen molar-refractivity contribution >= 4 is 15.5 Å². The zero-order valence-corrected chi connectivity index (χ0v) is 11.8. The summed E-state index contributed by atoms with van der Waals surface area (Å²) in [6.07, 6.45) is 0. The van der Waals surface area contributed by atoms with Crippen molar-refractivity contribution in [3.8, 4) is 5.75 Å². The molecule has 0 fully saturated rings. The molecule has 0 aliphatic carbocycles. The molecular formula is C15H17NO3S. The molecule has 5 heteroatoms. The summed E-state index contributed by atoms with van der Waals surface area (Å²) >= 11 is 0. The van der Waals surface area contributed by atoms with Crippen molar-refractivity contribution in [1.82, 2.24) is 0 Å². The van der Waals surface area contributed by atoms with Gasteiger partial charge < -0.3 is 10.5 Å². The van der Waals surface area contributed by atoms with Gasteiger partial charge in [0, 0.05) is 11.8 Å². The lowest BCUT2D eigenvalue weighted by atomic mass is 10.2. The van der Waals surface area contributed by atoms with Crippen LogP contribution in [0.2, 0.25) is 0 Å². The van der Waals surface area contributed by atoms with Gasteiger partial charge >= 0.3 is 0 Å². The van der Waals surface area contributed by atoms with Crippen LogP contribution in [0.4, 0.5) is 5.69 Å². The number of benzene rings is 2. The summed E-state index contributed by atoms with van der Waals surface area (Å²) in [4.78, 5) is 0. The second-order valence-corrected chi connectivity index (χ2v) is 6.68. The monoisotopic (exact) mass is 291 g/mol. The standard InChI is InChI=1S/C15H17NO3S/c16-14-7-4-8-15(11-14)19-9-10-20(17,18)12-13-5-2-1-3-6-13/h1-8,11H,9-10,12,16H2. The van der Waals surface area contributed by atoms with E-state index in [-0.39, 0.29) is 18.1 Å². The molecule has 2 N–H and O–H groups in total.